The summed E-state index contributed by atoms with van der Waals surface area (Å²) in [7, 11) is 0. The largest absolute Gasteiger partial charge is 1.00 e. The van der Waals surface area contributed by atoms with E-state index in [9.17, 15) is 5.11 Å². The molecule has 0 spiro atoms. The summed E-state index contributed by atoms with van der Waals surface area (Å²) in [6, 6.07) is 3.83. The quantitative estimate of drug-likeness (QED) is 0.816. The maximum absolute atomic E-state index is 9.97. The van der Waals surface area contributed by atoms with Crippen molar-refractivity contribution in [2.75, 3.05) is 26.2 Å². The molecule has 1 unspecified atom stereocenters. The zero-order chi connectivity index (χ0) is 13.8. The van der Waals surface area contributed by atoms with Gasteiger partial charge in [-0.2, -0.15) is 0 Å². The first-order valence-electron chi connectivity index (χ1n) is 6.86. The summed E-state index contributed by atoms with van der Waals surface area (Å²) in [5, 5.41) is 10.8. The topological polar surface area (TPSA) is 32.7 Å². The second-order valence-corrected chi connectivity index (χ2v) is 5.72. The van der Waals surface area contributed by atoms with Gasteiger partial charge in [-0.25, -0.2) is 0 Å². The molecule has 5 heteroatoms. The number of aliphatic hydroxyl groups is 1. The van der Waals surface area contributed by atoms with Gasteiger partial charge < -0.3 is 27.2 Å². The van der Waals surface area contributed by atoms with E-state index < -0.39 is 6.10 Å². The third-order valence-electron chi connectivity index (χ3n) is 3.52. The molecule has 3 nitrogen and oxygen atoms in total. The number of β-amino-alcohol motifs (C(OH)–C–C–N with tert-alkyl or cyclic N) is 1. The molecule has 1 fully saturated rings. The van der Waals surface area contributed by atoms with Crippen LogP contribution in [0.2, 0.25) is 5.02 Å². The van der Waals surface area contributed by atoms with Crippen LogP contribution in [0.1, 0.15) is 24.0 Å². The van der Waals surface area contributed by atoms with Crippen LogP contribution in [0.15, 0.2) is 12.1 Å². The highest BCUT2D eigenvalue weighted by Crippen LogP contribution is 2.25. The summed E-state index contributed by atoms with van der Waals surface area (Å²) in [6.07, 6.45) is 2.04. The molecule has 1 aromatic rings. The molecule has 1 saturated heterocycles. The van der Waals surface area contributed by atoms with Crippen molar-refractivity contribution in [1.29, 1.82) is 0 Å². The van der Waals surface area contributed by atoms with E-state index in [0.29, 0.717) is 13.2 Å². The molecule has 0 aromatic heterocycles. The molecule has 1 aliphatic rings. The number of halogens is 2. The van der Waals surface area contributed by atoms with Gasteiger partial charge in [0.2, 0.25) is 0 Å². The molecule has 1 aliphatic heterocycles. The fourth-order valence-electron chi connectivity index (χ4n) is 2.50. The first kappa shape index (κ1) is 17.6. The number of aryl methyl sites for hydroxylation is 2. The second-order valence-electron chi connectivity index (χ2n) is 5.34. The first-order chi connectivity index (χ1) is 9.06. The van der Waals surface area contributed by atoms with Gasteiger partial charge in [-0.15, -0.1) is 0 Å². The van der Waals surface area contributed by atoms with Crippen molar-refractivity contribution in [3.8, 4) is 5.75 Å². The normalized spacial score (nSPS) is 16.8. The first-order valence-corrected chi connectivity index (χ1v) is 7.24. The van der Waals surface area contributed by atoms with Crippen LogP contribution in [-0.4, -0.2) is 42.4 Å². The summed E-state index contributed by atoms with van der Waals surface area (Å²) in [4.78, 5) is 2.28. The van der Waals surface area contributed by atoms with Crippen LogP contribution >= 0.6 is 11.6 Å². The number of aliphatic hydroxyl groups excluding tert-OH is 1. The minimum atomic E-state index is -0.436. The summed E-state index contributed by atoms with van der Waals surface area (Å²) in [6.45, 7) is 7.14. The fraction of sp³-hybridized carbons (Fsp3) is 0.600. The van der Waals surface area contributed by atoms with Crippen molar-refractivity contribution in [3.63, 3.8) is 0 Å². The number of hydrogen-bond acceptors (Lipinski definition) is 3. The van der Waals surface area contributed by atoms with E-state index in [4.69, 9.17) is 16.3 Å². The Balaban J connectivity index is 0.00000200. The Labute approximate surface area is 132 Å². The summed E-state index contributed by atoms with van der Waals surface area (Å²) in [5.74, 6) is 0.778. The van der Waals surface area contributed by atoms with E-state index >= 15 is 0 Å². The number of nitrogens with zero attached hydrogens (tertiary/aromatic N) is 1. The Morgan fingerprint density at radius 3 is 2.35 bits per heavy atom. The van der Waals surface area contributed by atoms with E-state index in [1.807, 2.05) is 26.0 Å². The van der Waals surface area contributed by atoms with Crippen LogP contribution in [0.4, 0.5) is 0 Å². The minimum absolute atomic E-state index is 0. The zero-order valence-electron chi connectivity index (χ0n) is 12.0. The highest BCUT2D eigenvalue weighted by molar-refractivity contribution is 6.32. The second kappa shape index (κ2) is 8.08. The molecule has 2 rings (SSSR count). The number of hydrogen-bond donors (Lipinski definition) is 1. The van der Waals surface area contributed by atoms with Gasteiger partial charge in [0.1, 0.15) is 18.5 Å². The fourth-order valence-corrected chi connectivity index (χ4v) is 2.61. The van der Waals surface area contributed by atoms with Gasteiger partial charge in [0.15, 0.2) is 0 Å². The average molecular weight is 319 g/mol. The van der Waals surface area contributed by atoms with Crippen LogP contribution < -0.4 is 17.1 Å². The number of ether oxygens (including phenoxy) is 1. The Hall–Kier alpha value is -0.480. The maximum atomic E-state index is 9.97. The highest BCUT2D eigenvalue weighted by atomic mass is 35.5. The smallest absolute Gasteiger partial charge is 0.120 e. The zero-order valence-corrected chi connectivity index (χ0v) is 13.5. The van der Waals surface area contributed by atoms with Gasteiger partial charge in [0, 0.05) is 11.6 Å². The van der Waals surface area contributed by atoms with Gasteiger partial charge in [0.05, 0.1) is 0 Å². The van der Waals surface area contributed by atoms with E-state index in [0.717, 1.165) is 35.0 Å². The molecule has 1 N–H and O–H groups in total. The number of likely N-dealkylation sites (tertiary alicyclic amines) is 1. The number of benzene rings is 1. The lowest BCUT2D eigenvalue weighted by Crippen LogP contribution is -3.00. The molecule has 1 aromatic carbocycles. The molecule has 1 atom stereocenters. The van der Waals surface area contributed by atoms with E-state index in [1.54, 1.807) is 0 Å². The van der Waals surface area contributed by atoms with Crippen molar-refractivity contribution in [1.82, 2.24) is 4.90 Å². The van der Waals surface area contributed by atoms with E-state index in [-0.39, 0.29) is 12.4 Å². The lowest BCUT2D eigenvalue weighted by molar-refractivity contribution is -0.00000619. The van der Waals surface area contributed by atoms with Crippen molar-refractivity contribution in [2.45, 2.75) is 32.8 Å². The van der Waals surface area contributed by atoms with Crippen LogP contribution in [0.3, 0.4) is 0 Å². The highest BCUT2D eigenvalue weighted by Gasteiger charge is 2.16. The molecule has 114 valence electrons. The van der Waals surface area contributed by atoms with Crippen LogP contribution in [0, 0.1) is 13.8 Å². The van der Waals surface area contributed by atoms with Crippen molar-refractivity contribution >= 4 is 11.6 Å². The monoisotopic (exact) mass is 318 g/mol. The lowest BCUT2D eigenvalue weighted by atomic mass is 10.1. The summed E-state index contributed by atoms with van der Waals surface area (Å²) >= 11 is 6.11. The van der Waals surface area contributed by atoms with Crippen LogP contribution in [0.25, 0.3) is 0 Å². The summed E-state index contributed by atoms with van der Waals surface area (Å²) < 4.78 is 5.66. The van der Waals surface area contributed by atoms with Gasteiger partial charge in [0.25, 0.3) is 0 Å². The Morgan fingerprint density at radius 2 is 1.80 bits per heavy atom. The molecule has 20 heavy (non-hydrogen) atoms. The summed E-state index contributed by atoms with van der Waals surface area (Å²) in [5.41, 5.74) is 2.01. The van der Waals surface area contributed by atoms with Crippen LogP contribution in [-0.2, 0) is 0 Å². The molecular formula is C15H22Cl2NO2-. The molecular weight excluding hydrogens is 297 g/mol. The molecule has 0 bridgehead atoms. The average Bonchev–Trinajstić information content (AvgIpc) is 2.86. The molecule has 1 heterocycles. The number of rotatable bonds is 5. The van der Waals surface area contributed by atoms with E-state index in [1.165, 1.54) is 12.8 Å². The maximum Gasteiger partial charge on any atom is 0.120 e. The van der Waals surface area contributed by atoms with Crippen molar-refractivity contribution < 1.29 is 22.3 Å². The minimum Gasteiger partial charge on any atom is -1.00 e. The van der Waals surface area contributed by atoms with Crippen molar-refractivity contribution in [3.05, 3.63) is 28.3 Å². The van der Waals surface area contributed by atoms with Gasteiger partial charge in [-0.3, -0.25) is 0 Å². The molecule has 0 radical (unpaired) electrons. The van der Waals surface area contributed by atoms with Gasteiger partial charge >= 0.3 is 0 Å². The SMILES string of the molecule is Cc1cc(OCC(O)CN2CCCC2)cc(C)c1Cl.[Cl-]. The van der Waals surface area contributed by atoms with Crippen molar-refractivity contribution in [2.24, 2.45) is 0 Å². The Kier molecular flexibility index (Phi) is 7.10. The van der Waals surface area contributed by atoms with Crippen LogP contribution in [0.5, 0.6) is 5.75 Å². The lowest BCUT2D eigenvalue weighted by Gasteiger charge is -2.20. The van der Waals surface area contributed by atoms with Gasteiger partial charge in [-0.1, -0.05) is 11.6 Å². The van der Waals surface area contributed by atoms with Gasteiger partial charge in [-0.05, 0) is 63.0 Å². The predicted molar refractivity (Wildman–Crippen MR) is 78.1 cm³/mol. The Morgan fingerprint density at radius 1 is 1.25 bits per heavy atom. The van der Waals surface area contributed by atoms with E-state index in [2.05, 4.69) is 4.90 Å². The molecule has 0 amide bonds. The standard InChI is InChI=1S/C15H22ClNO2.ClH/c1-11-7-14(8-12(2)15(11)16)19-10-13(18)9-17-5-3-4-6-17;/h7-8,13,18H,3-6,9-10H2,1-2H3;1H/p-1. The third kappa shape index (κ3) is 4.81. The molecule has 0 aliphatic carbocycles. The molecule has 0 saturated carbocycles. The predicted octanol–water partition coefficient (Wildman–Crippen LogP) is -0.204. The third-order valence-corrected chi connectivity index (χ3v) is 4.12. The Bertz CT molecular complexity index is 411.